The average Bonchev–Trinajstić information content (AvgIpc) is 2.45. The Bertz CT molecular complexity index is 140. The Labute approximate surface area is 70.5 Å². The summed E-state index contributed by atoms with van der Waals surface area (Å²) in [4.78, 5) is 0. The van der Waals surface area contributed by atoms with Crippen LogP contribution in [0.4, 0.5) is 0 Å². The van der Waals surface area contributed by atoms with E-state index in [1.54, 1.807) is 0 Å². The molecule has 0 amide bonds. The molecule has 5 nitrogen and oxygen atoms in total. The van der Waals surface area contributed by atoms with Crippen molar-refractivity contribution in [2.24, 2.45) is 0 Å². The molecule has 3 N–H and O–H groups in total. The van der Waals surface area contributed by atoms with E-state index in [0.29, 0.717) is 6.42 Å². The Morgan fingerprint density at radius 3 is 2.75 bits per heavy atom. The molecule has 5 heteroatoms. The van der Waals surface area contributed by atoms with Crippen LogP contribution in [0.25, 0.3) is 0 Å². The van der Waals surface area contributed by atoms with Gasteiger partial charge >= 0.3 is 0 Å². The van der Waals surface area contributed by atoms with Crippen LogP contribution in [0.2, 0.25) is 0 Å². The largest absolute Gasteiger partial charge is 0.394 e. The van der Waals surface area contributed by atoms with E-state index in [4.69, 9.17) is 19.7 Å². The summed E-state index contributed by atoms with van der Waals surface area (Å²) in [5, 5.41) is 27.0. The van der Waals surface area contributed by atoms with Crippen LogP contribution in [0.5, 0.6) is 0 Å². The zero-order chi connectivity index (χ0) is 9.14. The molecule has 1 rings (SSSR count). The minimum Gasteiger partial charge on any atom is -0.394 e. The van der Waals surface area contributed by atoms with E-state index in [2.05, 4.69) is 0 Å². The summed E-state index contributed by atoms with van der Waals surface area (Å²) in [5.74, 6) is 0. The van der Waals surface area contributed by atoms with Crippen LogP contribution in [0.1, 0.15) is 6.42 Å². The molecule has 12 heavy (non-hydrogen) atoms. The summed E-state index contributed by atoms with van der Waals surface area (Å²) in [7, 11) is 1.42. The van der Waals surface area contributed by atoms with Gasteiger partial charge in [0.2, 0.25) is 0 Å². The molecule has 1 fully saturated rings. The Morgan fingerprint density at radius 2 is 2.33 bits per heavy atom. The Balaban J connectivity index is 2.42. The number of hydrogen-bond donors (Lipinski definition) is 3. The predicted molar refractivity (Wildman–Crippen MR) is 39.4 cm³/mol. The first-order chi connectivity index (χ1) is 5.69. The highest BCUT2D eigenvalue weighted by molar-refractivity contribution is 4.81. The average molecular weight is 178 g/mol. The van der Waals surface area contributed by atoms with Crippen LogP contribution in [0.15, 0.2) is 0 Å². The maximum absolute atomic E-state index is 9.26. The molecule has 0 radical (unpaired) electrons. The van der Waals surface area contributed by atoms with Gasteiger partial charge in [0, 0.05) is 13.5 Å². The fraction of sp³-hybridized carbons (Fsp3) is 1.00. The molecule has 0 aliphatic carbocycles. The number of ether oxygens (including phenoxy) is 2. The van der Waals surface area contributed by atoms with E-state index < -0.39 is 24.6 Å². The second-order valence-electron chi connectivity index (χ2n) is 2.83. The molecule has 0 saturated carbocycles. The molecule has 1 heterocycles. The molecule has 0 unspecified atom stereocenters. The third-order valence-corrected chi connectivity index (χ3v) is 1.95. The number of aliphatic hydroxyl groups excluding tert-OH is 3. The van der Waals surface area contributed by atoms with Gasteiger partial charge in [-0.1, -0.05) is 0 Å². The summed E-state index contributed by atoms with van der Waals surface area (Å²) in [6.45, 7) is -0.367. The lowest BCUT2D eigenvalue weighted by Gasteiger charge is -2.15. The van der Waals surface area contributed by atoms with Crippen molar-refractivity contribution in [3.05, 3.63) is 0 Å². The molecule has 4 atom stereocenters. The van der Waals surface area contributed by atoms with Crippen molar-refractivity contribution < 1.29 is 24.8 Å². The first kappa shape index (κ1) is 9.88. The maximum atomic E-state index is 9.26. The molecule has 0 spiro atoms. The van der Waals surface area contributed by atoms with Crippen molar-refractivity contribution in [1.82, 2.24) is 0 Å². The smallest absolute Gasteiger partial charge is 0.183 e. The Morgan fingerprint density at radius 1 is 1.67 bits per heavy atom. The van der Waals surface area contributed by atoms with E-state index in [9.17, 15) is 5.11 Å². The van der Waals surface area contributed by atoms with Crippen LogP contribution in [0.3, 0.4) is 0 Å². The van der Waals surface area contributed by atoms with Crippen molar-refractivity contribution in [3.8, 4) is 0 Å². The zero-order valence-electron chi connectivity index (χ0n) is 6.88. The van der Waals surface area contributed by atoms with E-state index in [1.165, 1.54) is 7.11 Å². The highest BCUT2D eigenvalue weighted by atomic mass is 16.7. The minimum atomic E-state index is -0.945. The van der Waals surface area contributed by atoms with Gasteiger partial charge in [-0.15, -0.1) is 0 Å². The normalized spacial score (nSPS) is 38.5. The molecule has 1 aliphatic rings. The van der Waals surface area contributed by atoms with Gasteiger partial charge in [0.15, 0.2) is 6.29 Å². The molecular weight excluding hydrogens is 164 g/mol. The van der Waals surface area contributed by atoms with E-state index in [-0.39, 0.29) is 6.61 Å². The van der Waals surface area contributed by atoms with Gasteiger partial charge in [-0.25, -0.2) is 0 Å². The van der Waals surface area contributed by atoms with Gasteiger partial charge in [0.05, 0.1) is 12.7 Å². The van der Waals surface area contributed by atoms with E-state index in [1.807, 2.05) is 0 Å². The molecule has 0 aromatic carbocycles. The first-order valence-electron chi connectivity index (χ1n) is 3.84. The number of rotatable bonds is 3. The molecular formula is C7H14O5. The van der Waals surface area contributed by atoms with Crippen molar-refractivity contribution in [3.63, 3.8) is 0 Å². The summed E-state index contributed by atoms with van der Waals surface area (Å²) >= 11 is 0. The summed E-state index contributed by atoms with van der Waals surface area (Å²) < 4.78 is 9.88. The van der Waals surface area contributed by atoms with Gasteiger partial charge in [-0.05, 0) is 0 Å². The second-order valence-corrected chi connectivity index (χ2v) is 2.83. The molecule has 0 bridgehead atoms. The van der Waals surface area contributed by atoms with Crippen LogP contribution >= 0.6 is 0 Å². The van der Waals surface area contributed by atoms with E-state index >= 15 is 0 Å². The molecule has 0 aromatic rings. The van der Waals surface area contributed by atoms with Crippen molar-refractivity contribution in [2.75, 3.05) is 13.7 Å². The van der Waals surface area contributed by atoms with Crippen molar-refractivity contribution in [1.29, 1.82) is 0 Å². The Hall–Kier alpha value is -0.200. The number of aliphatic hydroxyl groups is 3. The highest BCUT2D eigenvalue weighted by Crippen LogP contribution is 2.22. The van der Waals surface area contributed by atoms with Crippen LogP contribution < -0.4 is 0 Å². The van der Waals surface area contributed by atoms with Crippen LogP contribution in [-0.4, -0.2) is 53.6 Å². The van der Waals surface area contributed by atoms with Gasteiger partial charge in [-0.2, -0.15) is 0 Å². The zero-order valence-corrected chi connectivity index (χ0v) is 6.88. The fourth-order valence-corrected chi connectivity index (χ4v) is 1.25. The predicted octanol–water partition coefficient (Wildman–Crippen LogP) is -1.54. The standard InChI is InChI=1S/C7H14O5/c1-11-7-4(9)2-6(12-7)5(10)3-8/h4-10H,2-3H2,1H3/t4-,5-,6-,7-/m0/s1. The van der Waals surface area contributed by atoms with Gasteiger partial charge in [0.1, 0.15) is 12.2 Å². The lowest BCUT2D eigenvalue weighted by atomic mass is 10.1. The summed E-state index contributed by atoms with van der Waals surface area (Å²) in [6.07, 6.45) is -2.59. The minimum absolute atomic E-state index is 0.292. The van der Waals surface area contributed by atoms with Gasteiger partial charge in [-0.3, -0.25) is 0 Å². The summed E-state index contributed by atoms with van der Waals surface area (Å²) in [6, 6.07) is 0. The third kappa shape index (κ3) is 1.94. The molecule has 1 aliphatic heterocycles. The highest BCUT2D eigenvalue weighted by Gasteiger charge is 2.37. The van der Waals surface area contributed by atoms with E-state index in [0.717, 1.165) is 0 Å². The summed E-state index contributed by atoms with van der Waals surface area (Å²) in [5.41, 5.74) is 0. The quantitative estimate of drug-likeness (QED) is 0.488. The third-order valence-electron chi connectivity index (χ3n) is 1.95. The van der Waals surface area contributed by atoms with Crippen LogP contribution in [0, 0.1) is 0 Å². The molecule has 1 saturated heterocycles. The monoisotopic (exact) mass is 178 g/mol. The SMILES string of the molecule is CO[C@H]1O[C@H]([C@@H](O)CO)C[C@@H]1O. The topological polar surface area (TPSA) is 79.2 Å². The molecule has 0 aromatic heterocycles. The van der Waals surface area contributed by atoms with Gasteiger partial charge in [0.25, 0.3) is 0 Å². The molecule has 72 valence electrons. The van der Waals surface area contributed by atoms with Gasteiger partial charge < -0.3 is 24.8 Å². The Kier molecular flexibility index (Phi) is 3.42. The number of methoxy groups -OCH3 is 1. The fourth-order valence-electron chi connectivity index (χ4n) is 1.25. The lowest BCUT2D eigenvalue weighted by molar-refractivity contribution is -0.166. The van der Waals surface area contributed by atoms with Crippen LogP contribution in [-0.2, 0) is 9.47 Å². The van der Waals surface area contributed by atoms with Crippen molar-refractivity contribution in [2.45, 2.75) is 31.0 Å². The first-order valence-corrected chi connectivity index (χ1v) is 3.84. The lowest BCUT2D eigenvalue weighted by Crippen LogP contribution is -2.29. The maximum Gasteiger partial charge on any atom is 0.183 e. The second kappa shape index (κ2) is 4.15. The number of hydrogen-bond acceptors (Lipinski definition) is 5. The van der Waals surface area contributed by atoms with Crippen molar-refractivity contribution >= 4 is 0 Å².